The van der Waals surface area contributed by atoms with Gasteiger partial charge in [-0.1, -0.05) is 6.58 Å². The Morgan fingerprint density at radius 2 is 2.29 bits per heavy atom. The number of hydrogen-bond donors (Lipinski definition) is 1. The molecule has 0 amide bonds. The zero-order valence-corrected chi connectivity index (χ0v) is 10.1. The zero-order valence-electron chi connectivity index (χ0n) is 10.1. The highest BCUT2D eigenvalue weighted by Crippen LogP contribution is 2.28. The van der Waals surface area contributed by atoms with Gasteiger partial charge in [0.2, 0.25) is 0 Å². The topological polar surface area (TPSA) is 60.5 Å². The Bertz CT molecular complexity index is 466. The molecule has 0 aliphatic carbocycles. The van der Waals surface area contributed by atoms with E-state index in [1.165, 1.54) is 7.11 Å². The number of methoxy groups -OCH3 is 1. The molecule has 1 saturated heterocycles. The molecule has 0 radical (unpaired) electrons. The van der Waals surface area contributed by atoms with Gasteiger partial charge in [-0.3, -0.25) is 0 Å². The maximum Gasteiger partial charge on any atom is 0.580 e. The minimum Gasteiger partial charge on any atom is -0.533 e. The first-order valence-electron chi connectivity index (χ1n) is 5.24. The normalized spacial score (nSPS) is 18.1. The van der Waals surface area contributed by atoms with Crippen molar-refractivity contribution in [1.29, 1.82) is 0 Å². The molecule has 0 spiro atoms. The van der Waals surface area contributed by atoms with Crippen molar-refractivity contribution in [1.82, 2.24) is 4.98 Å². The van der Waals surface area contributed by atoms with Gasteiger partial charge in [-0.2, -0.15) is 0 Å². The number of rotatable bonds is 2. The number of aromatic amines is 1. The first-order chi connectivity index (χ1) is 7.94. The summed E-state index contributed by atoms with van der Waals surface area (Å²) in [6.07, 6.45) is 1.56. The van der Waals surface area contributed by atoms with Crippen LogP contribution in [-0.4, -0.2) is 30.8 Å². The summed E-state index contributed by atoms with van der Waals surface area (Å²) in [5, 5.41) is 0. The molecule has 1 aliphatic heterocycles. The molecule has 2 heterocycles. The van der Waals surface area contributed by atoms with Crippen LogP contribution in [0.5, 0.6) is 0 Å². The molecule has 1 N–H and O–H groups in total. The molecule has 17 heavy (non-hydrogen) atoms. The molecule has 0 atom stereocenters. The summed E-state index contributed by atoms with van der Waals surface area (Å²) in [7, 11) is 0.776. The van der Waals surface area contributed by atoms with Gasteiger partial charge in [0.1, 0.15) is 5.60 Å². The standard InChI is InChI=1S/C11H14BNO4/c1-7-11(2,3)17-12(16-7)9-5-8(6-13-9)10(14)15-4/h5-6,13H,1H2,2-4H3. The Hall–Kier alpha value is -1.69. The van der Waals surface area contributed by atoms with E-state index in [1.807, 2.05) is 13.8 Å². The van der Waals surface area contributed by atoms with E-state index in [0.29, 0.717) is 16.9 Å². The number of carbonyl (C=O) groups is 1. The van der Waals surface area contributed by atoms with Gasteiger partial charge < -0.3 is 19.0 Å². The maximum atomic E-state index is 11.3. The van der Waals surface area contributed by atoms with Crippen molar-refractivity contribution in [2.24, 2.45) is 0 Å². The first-order valence-corrected chi connectivity index (χ1v) is 5.24. The van der Waals surface area contributed by atoms with Crippen molar-refractivity contribution >= 4 is 18.7 Å². The van der Waals surface area contributed by atoms with Crippen molar-refractivity contribution in [3.63, 3.8) is 0 Å². The van der Waals surface area contributed by atoms with Gasteiger partial charge in [-0.05, 0) is 19.9 Å². The largest absolute Gasteiger partial charge is 0.580 e. The first kappa shape index (κ1) is 11.8. The van der Waals surface area contributed by atoms with Crippen molar-refractivity contribution in [2.45, 2.75) is 19.4 Å². The second-order valence-corrected chi connectivity index (χ2v) is 4.34. The highest BCUT2D eigenvalue weighted by Gasteiger charge is 2.43. The van der Waals surface area contributed by atoms with E-state index in [2.05, 4.69) is 16.3 Å². The Balaban J connectivity index is 2.17. The summed E-state index contributed by atoms with van der Waals surface area (Å²) in [5.74, 6) is 0.167. The lowest BCUT2D eigenvalue weighted by Gasteiger charge is -2.15. The Labute approximate surface area is 99.9 Å². The minimum atomic E-state index is -0.559. The number of hydrogen-bond acceptors (Lipinski definition) is 4. The molecule has 0 unspecified atom stereocenters. The number of esters is 1. The van der Waals surface area contributed by atoms with Crippen molar-refractivity contribution in [3.05, 3.63) is 30.2 Å². The van der Waals surface area contributed by atoms with Crippen molar-refractivity contribution in [3.8, 4) is 0 Å². The molecule has 0 saturated carbocycles. The predicted molar refractivity (Wildman–Crippen MR) is 62.9 cm³/mol. The molecule has 1 aromatic rings. The Kier molecular flexibility index (Phi) is 2.75. The molecular formula is C11H14BNO4. The van der Waals surface area contributed by atoms with Gasteiger partial charge in [-0.25, -0.2) is 4.79 Å². The minimum absolute atomic E-state index is 0.399. The average molecular weight is 235 g/mol. The molecule has 90 valence electrons. The van der Waals surface area contributed by atoms with E-state index in [9.17, 15) is 4.79 Å². The second-order valence-electron chi connectivity index (χ2n) is 4.34. The number of aromatic nitrogens is 1. The predicted octanol–water partition coefficient (Wildman–Crippen LogP) is 0.836. The average Bonchev–Trinajstić information content (AvgIpc) is 2.84. The summed E-state index contributed by atoms with van der Waals surface area (Å²) in [5.41, 5.74) is 0.573. The molecule has 0 aromatic carbocycles. The molecule has 1 aromatic heterocycles. The van der Waals surface area contributed by atoms with Crippen LogP contribution in [0.15, 0.2) is 24.6 Å². The van der Waals surface area contributed by atoms with Crippen LogP contribution in [0.1, 0.15) is 24.2 Å². The third-order valence-electron chi connectivity index (χ3n) is 2.70. The molecule has 1 aliphatic rings. The van der Waals surface area contributed by atoms with E-state index in [1.54, 1.807) is 12.3 Å². The molecule has 0 bridgehead atoms. The van der Waals surface area contributed by atoms with Crippen LogP contribution in [0.2, 0.25) is 0 Å². The molecule has 2 rings (SSSR count). The van der Waals surface area contributed by atoms with E-state index < -0.39 is 18.7 Å². The number of H-pyrrole nitrogens is 1. The van der Waals surface area contributed by atoms with Crippen LogP contribution in [0.4, 0.5) is 0 Å². The van der Waals surface area contributed by atoms with Crippen molar-refractivity contribution < 1.29 is 18.8 Å². The van der Waals surface area contributed by atoms with E-state index in [-0.39, 0.29) is 0 Å². The molecule has 6 heteroatoms. The van der Waals surface area contributed by atoms with Gasteiger partial charge in [0.05, 0.1) is 24.0 Å². The highest BCUT2D eigenvalue weighted by molar-refractivity contribution is 6.61. The summed E-state index contributed by atoms with van der Waals surface area (Å²) in [6.45, 7) is 7.54. The lowest BCUT2D eigenvalue weighted by atomic mass is 9.85. The monoisotopic (exact) mass is 235 g/mol. The molecule has 5 nitrogen and oxygen atoms in total. The number of carbonyl (C=O) groups excluding carboxylic acids is 1. The fourth-order valence-corrected chi connectivity index (χ4v) is 1.54. The number of nitrogens with one attached hydrogen (secondary N) is 1. The highest BCUT2D eigenvalue weighted by atomic mass is 16.7. The van der Waals surface area contributed by atoms with Gasteiger partial charge in [0, 0.05) is 6.20 Å². The lowest BCUT2D eigenvalue weighted by Crippen LogP contribution is -2.35. The van der Waals surface area contributed by atoms with Gasteiger partial charge in [0.15, 0.2) is 0 Å². The summed E-state index contributed by atoms with van der Waals surface area (Å²) < 4.78 is 15.8. The summed E-state index contributed by atoms with van der Waals surface area (Å²) in [6, 6.07) is 1.64. The van der Waals surface area contributed by atoms with Crippen LogP contribution in [0, 0.1) is 0 Å². The van der Waals surface area contributed by atoms with Crippen LogP contribution in [-0.2, 0) is 14.0 Å². The van der Waals surface area contributed by atoms with Gasteiger partial charge in [0.25, 0.3) is 0 Å². The van der Waals surface area contributed by atoms with E-state index in [4.69, 9.17) is 9.31 Å². The van der Waals surface area contributed by atoms with Crippen LogP contribution >= 0.6 is 0 Å². The summed E-state index contributed by atoms with van der Waals surface area (Å²) in [4.78, 5) is 14.2. The third-order valence-corrected chi connectivity index (χ3v) is 2.70. The van der Waals surface area contributed by atoms with Crippen LogP contribution < -0.4 is 5.59 Å². The van der Waals surface area contributed by atoms with E-state index >= 15 is 0 Å². The maximum absolute atomic E-state index is 11.3. The van der Waals surface area contributed by atoms with Crippen LogP contribution in [0.3, 0.4) is 0 Å². The lowest BCUT2D eigenvalue weighted by molar-refractivity contribution is 0.0601. The zero-order chi connectivity index (χ0) is 12.6. The Morgan fingerprint density at radius 1 is 1.59 bits per heavy atom. The fourth-order valence-electron chi connectivity index (χ4n) is 1.54. The number of ether oxygens (including phenoxy) is 1. The van der Waals surface area contributed by atoms with E-state index in [0.717, 1.165) is 0 Å². The molecule has 1 fully saturated rings. The Morgan fingerprint density at radius 3 is 2.82 bits per heavy atom. The third kappa shape index (κ3) is 2.08. The fraction of sp³-hybridized carbons (Fsp3) is 0.364. The van der Waals surface area contributed by atoms with Gasteiger partial charge >= 0.3 is 13.1 Å². The smallest absolute Gasteiger partial charge is 0.533 e. The quantitative estimate of drug-likeness (QED) is 0.609. The van der Waals surface area contributed by atoms with Crippen LogP contribution in [0.25, 0.3) is 0 Å². The SMILES string of the molecule is C=C1OB(c2cc(C(=O)OC)c[nH]2)OC1(C)C. The molecular weight excluding hydrogens is 221 g/mol. The summed E-state index contributed by atoms with van der Waals surface area (Å²) >= 11 is 0. The van der Waals surface area contributed by atoms with Gasteiger partial charge in [-0.15, -0.1) is 0 Å². The van der Waals surface area contributed by atoms with Crippen molar-refractivity contribution in [2.75, 3.05) is 7.11 Å². The second kappa shape index (κ2) is 3.96.